The topological polar surface area (TPSA) is 0 Å². The van der Waals surface area contributed by atoms with Crippen LogP contribution in [0.4, 0.5) is 0 Å². The molecule has 0 unspecified atom stereocenters. The molecular weight excluding hydrogens is 366 g/mol. The van der Waals surface area contributed by atoms with E-state index in [9.17, 15) is 0 Å². The van der Waals surface area contributed by atoms with Crippen LogP contribution in [-0.2, 0) is 19.5 Å². The monoisotopic (exact) mass is 404 g/mol. The predicted molar refractivity (Wildman–Crippen MR) is 125 cm³/mol. The van der Waals surface area contributed by atoms with E-state index in [-0.39, 0.29) is 19.5 Å². The maximum atomic E-state index is 3.46. The van der Waals surface area contributed by atoms with Gasteiger partial charge in [0.2, 0.25) is 0 Å². The normalized spacial score (nSPS) is 8.65. The van der Waals surface area contributed by atoms with Gasteiger partial charge in [0.1, 0.15) is 0 Å². The third-order valence-electron chi connectivity index (χ3n) is 1.64. The molecule has 0 atom stereocenters. The van der Waals surface area contributed by atoms with Gasteiger partial charge >= 0.3 is 0 Å². The van der Waals surface area contributed by atoms with Gasteiger partial charge < -0.3 is 0 Å². The van der Waals surface area contributed by atoms with Gasteiger partial charge in [-0.05, 0) is 34.6 Å². The van der Waals surface area contributed by atoms with Gasteiger partial charge in [-0.3, -0.25) is 0 Å². The van der Waals surface area contributed by atoms with Crippen LogP contribution in [-0.4, -0.2) is 0 Å². The Labute approximate surface area is 178 Å². The van der Waals surface area contributed by atoms with E-state index in [1.165, 1.54) is 0 Å². The van der Waals surface area contributed by atoms with Crippen LogP contribution in [0.1, 0.15) is 34.6 Å². The maximum Gasteiger partial charge on any atom is 0 e. The predicted octanol–water partition coefficient (Wildman–Crippen LogP) is 8.74. The maximum absolute atomic E-state index is 3.46. The molecule has 142 valence electrons. The molecule has 0 N–H and O–H groups in total. The van der Waals surface area contributed by atoms with Gasteiger partial charge in [-0.25, -0.2) is 0 Å². The fourth-order valence-electron chi connectivity index (χ4n) is 0.680. The van der Waals surface area contributed by atoms with E-state index in [4.69, 9.17) is 0 Å². The molecule has 0 radical (unpaired) electrons. The Morgan fingerprint density at radius 1 is 0.346 bits per heavy atom. The molecule has 0 aromatic carbocycles. The molecule has 0 spiro atoms. The zero-order valence-corrected chi connectivity index (χ0v) is 20.9. The molecule has 0 rings (SSSR count). The van der Waals surface area contributed by atoms with Crippen LogP contribution in [0.3, 0.4) is 0 Å². The van der Waals surface area contributed by atoms with Crippen molar-refractivity contribution in [2.45, 2.75) is 34.6 Å². The van der Waals surface area contributed by atoms with Crippen LogP contribution in [0.15, 0.2) is 124 Å². The SMILES string of the molecule is C=CC=CC.C=CC=CC.C=CC=CC.C=CC=CC.C=CC=CC.[Zn]. The average molecular weight is 406 g/mol. The van der Waals surface area contributed by atoms with Gasteiger partial charge in [0.05, 0.1) is 0 Å². The Morgan fingerprint density at radius 3 is 0.462 bits per heavy atom. The van der Waals surface area contributed by atoms with Crippen molar-refractivity contribution in [3.8, 4) is 0 Å². The van der Waals surface area contributed by atoms with Gasteiger partial charge in [-0.15, -0.1) is 0 Å². The van der Waals surface area contributed by atoms with E-state index >= 15 is 0 Å². The quantitative estimate of drug-likeness (QED) is 0.316. The summed E-state index contributed by atoms with van der Waals surface area (Å²) >= 11 is 0. The minimum atomic E-state index is 0. The van der Waals surface area contributed by atoms with Crippen LogP contribution in [0.5, 0.6) is 0 Å². The Balaban J connectivity index is -0.0000000476. The van der Waals surface area contributed by atoms with Gasteiger partial charge in [0, 0.05) is 19.5 Å². The van der Waals surface area contributed by atoms with Crippen molar-refractivity contribution < 1.29 is 19.5 Å². The minimum Gasteiger partial charge on any atom is -0.0991 e. The fourth-order valence-corrected chi connectivity index (χ4v) is 0.680. The molecule has 0 bridgehead atoms. The molecule has 0 aromatic rings. The second-order valence-electron chi connectivity index (χ2n) is 3.81. The Kier molecular flexibility index (Phi) is 99.3. The van der Waals surface area contributed by atoms with Crippen molar-refractivity contribution >= 4 is 0 Å². The zero-order chi connectivity index (χ0) is 20.6. The molecule has 26 heavy (non-hydrogen) atoms. The number of allylic oxidation sites excluding steroid dienone is 15. The van der Waals surface area contributed by atoms with Crippen molar-refractivity contribution in [2.24, 2.45) is 0 Å². The van der Waals surface area contributed by atoms with E-state index in [2.05, 4.69) is 32.9 Å². The molecule has 0 saturated carbocycles. The van der Waals surface area contributed by atoms with E-state index < -0.39 is 0 Å². The minimum absolute atomic E-state index is 0. The van der Waals surface area contributed by atoms with E-state index in [1.807, 2.05) is 95.4 Å². The smallest absolute Gasteiger partial charge is 0 e. The molecule has 0 nitrogen and oxygen atoms in total. The molecule has 0 heterocycles. The number of rotatable bonds is 5. The standard InChI is InChI=1S/5C5H8.Zn/c5*1-3-5-4-2;/h5*3-5H,1H2,2H3;. The average Bonchev–Trinajstić information content (AvgIpc) is 2.61. The summed E-state index contributed by atoms with van der Waals surface area (Å²) in [7, 11) is 0. The summed E-state index contributed by atoms with van der Waals surface area (Å²) in [6, 6.07) is 0. The molecule has 0 saturated heterocycles. The molecule has 0 aliphatic carbocycles. The van der Waals surface area contributed by atoms with E-state index in [1.54, 1.807) is 30.4 Å². The Bertz CT molecular complexity index is 309. The summed E-state index contributed by atoms with van der Waals surface area (Å²) in [4.78, 5) is 0. The Morgan fingerprint density at radius 2 is 0.462 bits per heavy atom. The molecule has 1 heteroatoms. The summed E-state index contributed by atoms with van der Waals surface area (Å²) in [6.45, 7) is 27.1. The summed E-state index contributed by atoms with van der Waals surface area (Å²) < 4.78 is 0. The molecule has 0 aromatic heterocycles. The molecule has 0 amide bonds. The summed E-state index contributed by atoms with van der Waals surface area (Å²) in [6.07, 6.45) is 27.9. The third kappa shape index (κ3) is 151. The van der Waals surface area contributed by atoms with Crippen molar-refractivity contribution in [1.29, 1.82) is 0 Å². The Hall–Kier alpha value is -1.98. The van der Waals surface area contributed by atoms with Crippen molar-refractivity contribution in [3.05, 3.63) is 124 Å². The first-order valence-electron chi connectivity index (χ1n) is 8.26. The molecular formula is C25H40Zn. The fraction of sp³-hybridized carbons (Fsp3) is 0.200. The second kappa shape index (κ2) is 65.8. The molecule has 0 fully saturated rings. The molecule has 0 aliphatic rings. The first-order valence-corrected chi connectivity index (χ1v) is 8.26. The molecule has 0 aliphatic heterocycles. The van der Waals surface area contributed by atoms with E-state index in [0.717, 1.165) is 0 Å². The summed E-state index contributed by atoms with van der Waals surface area (Å²) in [5.74, 6) is 0. The van der Waals surface area contributed by atoms with E-state index in [0.29, 0.717) is 0 Å². The largest absolute Gasteiger partial charge is 0.0991 e. The first-order chi connectivity index (χ1) is 12.1. The van der Waals surface area contributed by atoms with Crippen LogP contribution in [0, 0.1) is 0 Å². The number of hydrogen-bond donors (Lipinski definition) is 0. The zero-order valence-electron chi connectivity index (χ0n) is 17.9. The van der Waals surface area contributed by atoms with Gasteiger partial charge in [0.15, 0.2) is 0 Å². The van der Waals surface area contributed by atoms with Crippen LogP contribution in [0.25, 0.3) is 0 Å². The van der Waals surface area contributed by atoms with Gasteiger partial charge in [-0.1, -0.05) is 124 Å². The first kappa shape index (κ1) is 39.2. The van der Waals surface area contributed by atoms with Gasteiger partial charge in [0.25, 0.3) is 0 Å². The van der Waals surface area contributed by atoms with Crippen molar-refractivity contribution in [1.82, 2.24) is 0 Å². The third-order valence-corrected chi connectivity index (χ3v) is 1.64. The second-order valence-corrected chi connectivity index (χ2v) is 3.81. The number of hydrogen-bond acceptors (Lipinski definition) is 0. The van der Waals surface area contributed by atoms with Crippen LogP contribution >= 0.6 is 0 Å². The summed E-state index contributed by atoms with van der Waals surface area (Å²) in [5.41, 5.74) is 0. The van der Waals surface area contributed by atoms with Crippen LogP contribution in [0.2, 0.25) is 0 Å². The summed E-state index contributed by atoms with van der Waals surface area (Å²) in [5, 5.41) is 0. The van der Waals surface area contributed by atoms with Gasteiger partial charge in [-0.2, -0.15) is 0 Å². The van der Waals surface area contributed by atoms with Crippen molar-refractivity contribution in [3.63, 3.8) is 0 Å². The van der Waals surface area contributed by atoms with Crippen LogP contribution < -0.4 is 0 Å². The van der Waals surface area contributed by atoms with Crippen molar-refractivity contribution in [2.75, 3.05) is 0 Å².